The highest BCUT2D eigenvalue weighted by molar-refractivity contribution is 8.00. The summed E-state index contributed by atoms with van der Waals surface area (Å²) in [4.78, 5) is 28.8. The standard InChI is InChI=1S/C37H41N3O6S2/c1-4-6-8-12-22-46-29-20-17-27(23-30(29)44-3)32-31(33(41)26-15-18-28(19-16-26)45-21-7-5-2)34(42)35(43)40(32)36-38-39-37(48-36)47-24-25-13-10-9-11-14-25/h9-11,13-20,23,32,41H,4-8,12,21-22,24H2,1-3H3/b33-31+. The fourth-order valence-corrected chi connectivity index (χ4v) is 7.13. The average Bonchev–Trinajstić information content (AvgIpc) is 3.69. The fraction of sp³-hybridized carbons (Fsp3) is 0.351. The smallest absolute Gasteiger partial charge is 0.301 e. The predicted molar refractivity (Wildman–Crippen MR) is 190 cm³/mol. The van der Waals surface area contributed by atoms with E-state index in [4.69, 9.17) is 14.2 Å². The third-order valence-electron chi connectivity index (χ3n) is 7.90. The lowest BCUT2D eigenvalue weighted by molar-refractivity contribution is -0.132. The molecule has 4 aromatic rings. The van der Waals surface area contributed by atoms with Crippen molar-refractivity contribution in [3.05, 3.63) is 95.1 Å². The van der Waals surface area contributed by atoms with Crippen LogP contribution in [0.15, 0.2) is 82.7 Å². The Bertz CT molecular complexity index is 1710. The Kier molecular flexibility index (Phi) is 12.5. The second kappa shape index (κ2) is 17.2. The Labute approximate surface area is 290 Å². The first-order valence-corrected chi connectivity index (χ1v) is 18.1. The van der Waals surface area contributed by atoms with Crippen molar-refractivity contribution in [1.29, 1.82) is 0 Å². The van der Waals surface area contributed by atoms with Crippen LogP contribution in [0.5, 0.6) is 17.2 Å². The van der Waals surface area contributed by atoms with E-state index >= 15 is 0 Å². The van der Waals surface area contributed by atoms with E-state index in [1.807, 2.05) is 30.3 Å². The van der Waals surface area contributed by atoms with Crippen molar-refractivity contribution < 1.29 is 28.9 Å². The summed E-state index contributed by atoms with van der Waals surface area (Å²) in [6.45, 7) is 5.38. The number of methoxy groups -OCH3 is 1. The van der Waals surface area contributed by atoms with Crippen LogP contribution in [-0.2, 0) is 15.3 Å². The van der Waals surface area contributed by atoms with Crippen LogP contribution in [0, 0.1) is 0 Å². The molecular formula is C37H41N3O6S2. The van der Waals surface area contributed by atoms with Crippen molar-refractivity contribution in [2.24, 2.45) is 0 Å². The van der Waals surface area contributed by atoms with E-state index in [-0.39, 0.29) is 16.5 Å². The highest BCUT2D eigenvalue weighted by atomic mass is 32.2. The molecule has 0 radical (unpaired) electrons. The zero-order valence-corrected chi connectivity index (χ0v) is 29.1. The lowest BCUT2D eigenvalue weighted by atomic mass is 9.95. The number of ketones is 1. The average molecular weight is 688 g/mol. The monoisotopic (exact) mass is 687 g/mol. The van der Waals surface area contributed by atoms with Gasteiger partial charge in [-0.1, -0.05) is 99.0 Å². The summed E-state index contributed by atoms with van der Waals surface area (Å²) in [5, 5.41) is 20.6. The summed E-state index contributed by atoms with van der Waals surface area (Å²) < 4.78 is 18.2. The van der Waals surface area contributed by atoms with Crippen molar-refractivity contribution in [2.75, 3.05) is 25.2 Å². The maximum Gasteiger partial charge on any atom is 0.301 e. The number of carbonyl (C=O) groups excluding carboxylic acids is 2. The molecule has 1 aliphatic rings. The van der Waals surface area contributed by atoms with Gasteiger partial charge in [0.1, 0.15) is 11.5 Å². The van der Waals surface area contributed by atoms with E-state index in [0.29, 0.717) is 51.7 Å². The molecule has 1 amide bonds. The number of hydrogen-bond donors (Lipinski definition) is 1. The summed E-state index contributed by atoms with van der Waals surface area (Å²) in [6, 6.07) is 21.1. The van der Waals surface area contributed by atoms with Gasteiger partial charge in [-0.05, 0) is 60.4 Å². The van der Waals surface area contributed by atoms with Crippen LogP contribution < -0.4 is 19.1 Å². The van der Waals surface area contributed by atoms with Gasteiger partial charge in [0, 0.05) is 11.3 Å². The molecule has 48 heavy (non-hydrogen) atoms. The fourth-order valence-electron chi connectivity index (χ4n) is 5.31. The predicted octanol–water partition coefficient (Wildman–Crippen LogP) is 8.60. The van der Waals surface area contributed by atoms with E-state index in [9.17, 15) is 14.7 Å². The Morgan fingerprint density at radius 2 is 1.62 bits per heavy atom. The lowest BCUT2D eigenvalue weighted by Crippen LogP contribution is -2.29. The van der Waals surface area contributed by atoms with E-state index in [0.717, 1.165) is 44.1 Å². The molecule has 9 nitrogen and oxygen atoms in total. The molecule has 0 saturated carbocycles. The number of anilines is 1. The number of amides is 1. The Morgan fingerprint density at radius 3 is 2.35 bits per heavy atom. The van der Waals surface area contributed by atoms with Gasteiger partial charge in [0.2, 0.25) is 5.13 Å². The van der Waals surface area contributed by atoms with Crippen molar-refractivity contribution >= 4 is 45.7 Å². The van der Waals surface area contributed by atoms with Crippen molar-refractivity contribution in [2.45, 2.75) is 68.5 Å². The SMILES string of the molecule is CCCCCCOc1ccc(C2/C(=C(\O)c3ccc(OCCCC)cc3)C(=O)C(=O)N2c2nnc(SCc3ccccc3)s2)cc1OC. The van der Waals surface area contributed by atoms with Crippen LogP contribution in [0.2, 0.25) is 0 Å². The highest BCUT2D eigenvalue weighted by Gasteiger charge is 2.48. The number of aliphatic hydroxyl groups excluding tert-OH is 1. The van der Waals surface area contributed by atoms with Crippen molar-refractivity contribution in [3.8, 4) is 17.2 Å². The minimum Gasteiger partial charge on any atom is -0.507 e. The number of Topliss-reactive ketones (excluding diaryl/α,β-unsaturated/α-hetero) is 1. The van der Waals surface area contributed by atoms with Gasteiger partial charge in [-0.3, -0.25) is 14.5 Å². The summed E-state index contributed by atoms with van der Waals surface area (Å²) in [5.74, 6) is 0.437. The van der Waals surface area contributed by atoms with Crippen LogP contribution in [0.4, 0.5) is 5.13 Å². The number of carbonyl (C=O) groups is 2. The first kappa shape index (κ1) is 35.0. The highest BCUT2D eigenvalue weighted by Crippen LogP contribution is 2.45. The maximum absolute atomic E-state index is 13.8. The first-order valence-electron chi connectivity index (χ1n) is 16.3. The quantitative estimate of drug-likeness (QED) is 0.0291. The van der Waals surface area contributed by atoms with Gasteiger partial charge >= 0.3 is 5.91 Å². The maximum atomic E-state index is 13.8. The van der Waals surface area contributed by atoms with E-state index in [1.54, 1.807) is 49.6 Å². The molecule has 2 heterocycles. The molecule has 1 unspecified atom stereocenters. The van der Waals surface area contributed by atoms with Gasteiger partial charge in [0.25, 0.3) is 5.78 Å². The van der Waals surface area contributed by atoms with Crippen LogP contribution in [0.3, 0.4) is 0 Å². The summed E-state index contributed by atoms with van der Waals surface area (Å²) >= 11 is 2.72. The van der Waals surface area contributed by atoms with Crippen molar-refractivity contribution in [3.63, 3.8) is 0 Å². The van der Waals surface area contributed by atoms with Crippen LogP contribution in [0.1, 0.15) is 75.1 Å². The van der Waals surface area contributed by atoms with Gasteiger partial charge < -0.3 is 19.3 Å². The molecule has 0 spiro atoms. The minimum atomic E-state index is -0.988. The number of thioether (sulfide) groups is 1. The third-order valence-corrected chi connectivity index (χ3v) is 10.0. The molecule has 0 aliphatic carbocycles. The van der Waals surface area contributed by atoms with Crippen LogP contribution in [0.25, 0.3) is 5.76 Å². The number of nitrogens with zero attached hydrogens (tertiary/aromatic N) is 3. The van der Waals surface area contributed by atoms with E-state index in [1.165, 1.54) is 28.0 Å². The zero-order chi connectivity index (χ0) is 33.9. The largest absolute Gasteiger partial charge is 0.507 e. The van der Waals surface area contributed by atoms with Gasteiger partial charge in [0.05, 0.1) is 31.9 Å². The summed E-state index contributed by atoms with van der Waals surface area (Å²) in [5.41, 5.74) is 2.01. The van der Waals surface area contributed by atoms with Gasteiger partial charge in [-0.25, -0.2) is 0 Å². The molecule has 1 N–H and O–H groups in total. The third kappa shape index (κ3) is 8.38. The molecule has 1 saturated heterocycles. The molecule has 11 heteroatoms. The number of aliphatic hydroxyl groups is 1. The Hall–Kier alpha value is -4.35. The number of hydrogen-bond acceptors (Lipinski definition) is 10. The molecule has 1 atom stereocenters. The molecule has 1 aliphatic heterocycles. The molecule has 252 valence electrons. The number of aromatic nitrogens is 2. The minimum absolute atomic E-state index is 0.0522. The summed E-state index contributed by atoms with van der Waals surface area (Å²) in [7, 11) is 1.55. The lowest BCUT2D eigenvalue weighted by Gasteiger charge is -2.23. The van der Waals surface area contributed by atoms with E-state index < -0.39 is 17.7 Å². The molecule has 5 rings (SSSR count). The van der Waals surface area contributed by atoms with Crippen LogP contribution >= 0.6 is 23.1 Å². The number of ether oxygens (including phenoxy) is 3. The molecular weight excluding hydrogens is 647 g/mol. The second-order valence-corrected chi connectivity index (χ2v) is 13.5. The van der Waals surface area contributed by atoms with Gasteiger partial charge in [-0.15, -0.1) is 10.2 Å². The first-order chi connectivity index (χ1) is 23.4. The zero-order valence-electron chi connectivity index (χ0n) is 27.5. The number of rotatable bonds is 17. The topological polar surface area (TPSA) is 111 Å². The normalized spacial score (nSPS) is 15.6. The van der Waals surface area contributed by atoms with Gasteiger partial charge in [-0.2, -0.15) is 0 Å². The molecule has 3 aromatic carbocycles. The Balaban J connectivity index is 1.50. The van der Waals surface area contributed by atoms with E-state index in [2.05, 4.69) is 24.0 Å². The molecule has 1 fully saturated rings. The number of benzene rings is 3. The van der Waals surface area contributed by atoms with Gasteiger partial charge in [0.15, 0.2) is 15.8 Å². The molecule has 0 bridgehead atoms. The second-order valence-electron chi connectivity index (χ2n) is 11.3. The Morgan fingerprint density at radius 1 is 0.875 bits per heavy atom. The van der Waals surface area contributed by atoms with Crippen LogP contribution in [-0.4, -0.2) is 47.3 Å². The number of unbranched alkanes of at least 4 members (excludes halogenated alkanes) is 4. The van der Waals surface area contributed by atoms with Crippen molar-refractivity contribution in [1.82, 2.24) is 10.2 Å². The summed E-state index contributed by atoms with van der Waals surface area (Å²) in [6.07, 6.45) is 6.21. The molecule has 1 aromatic heterocycles.